The van der Waals surface area contributed by atoms with E-state index in [0.717, 1.165) is 19.8 Å². The molecule has 0 aliphatic heterocycles. The Kier molecular flexibility index (Phi) is 9.12. The molecular weight excluding hydrogens is 260 g/mol. The molecule has 0 saturated heterocycles. The van der Waals surface area contributed by atoms with Gasteiger partial charge in [-0.25, -0.2) is 0 Å². The zero-order valence-electron chi connectivity index (χ0n) is 13.7. The Hall–Kier alpha value is -0.340. The third-order valence-electron chi connectivity index (χ3n) is 4.50. The molecule has 0 aromatic carbocycles. The molecule has 0 aromatic heterocycles. The first-order valence-corrected chi connectivity index (χ1v) is 9.18. The molecule has 1 radical (unpaired) electrons. The van der Waals surface area contributed by atoms with E-state index in [2.05, 4.69) is 12.5 Å². The van der Waals surface area contributed by atoms with Crippen molar-refractivity contribution >= 4 is 0 Å². The minimum absolute atomic E-state index is 0.569. The summed E-state index contributed by atoms with van der Waals surface area (Å²) >= 11 is 0. The van der Waals surface area contributed by atoms with Crippen LogP contribution in [0, 0.1) is 6.42 Å². The first-order valence-electron chi connectivity index (χ1n) is 9.18. The van der Waals surface area contributed by atoms with Gasteiger partial charge in [0.1, 0.15) is 0 Å². The van der Waals surface area contributed by atoms with Crippen molar-refractivity contribution in [2.45, 2.75) is 83.2 Å². The molecule has 1 fully saturated rings. The summed E-state index contributed by atoms with van der Waals surface area (Å²) in [6, 6.07) is 0. The van der Waals surface area contributed by atoms with Gasteiger partial charge in [-0.05, 0) is 51.4 Å². The lowest BCUT2D eigenvalue weighted by molar-refractivity contribution is 0.0253. The Bertz CT molecular complexity index is 279. The van der Waals surface area contributed by atoms with Gasteiger partial charge in [0, 0.05) is 26.2 Å². The summed E-state index contributed by atoms with van der Waals surface area (Å²) in [5.74, 6) is 0. The van der Waals surface area contributed by atoms with Crippen molar-refractivity contribution in [2.75, 3.05) is 19.8 Å². The highest BCUT2D eigenvalue weighted by Crippen LogP contribution is 2.23. The molecule has 0 N–H and O–H groups in total. The third kappa shape index (κ3) is 9.31. The van der Waals surface area contributed by atoms with E-state index in [4.69, 9.17) is 9.47 Å². The molecule has 2 heteroatoms. The molecule has 0 spiro atoms. The zero-order valence-corrected chi connectivity index (χ0v) is 13.7. The van der Waals surface area contributed by atoms with Crippen LogP contribution in [0.3, 0.4) is 0 Å². The Morgan fingerprint density at radius 3 is 2.19 bits per heavy atom. The molecule has 0 bridgehead atoms. The largest absolute Gasteiger partial charge is 0.381 e. The number of allylic oxidation sites excluding steroid dienone is 2. The minimum atomic E-state index is 0.569. The second-order valence-electron chi connectivity index (χ2n) is 6.52. The summed E-state index contributed by atoms with van der Waals surface area (Å²) in [4.78, 5) is 0. The molecular formula is C19H33O2. The van der Waals surface area contributed by atoms with E-state index in [1.54, 1.807) is 5.57 Å². The molecule has 121 valence electrons. The van der Waals surface area contributed by atoms with Crippen LogP contribution in [0.5, 0.6) is 0 Å². The first kappa shape index (κ1) is 17.0. The van der Waals surface area contributed by atoms with Crippen LogP contribution in [0.2, 0.25) is 0 Å². The highest BCUT2D eigenvalue weighted by atomic mass is 16.5. The molecule has 0 heterocycles. The topological polar surface area (TPSA) is 18.5 Å². The predicted molar refractivity (Wildman–Crippen MR) is 88.3 cm³/mol. The van der Waals surface area contributed by atoms with Crippen molar-refractivity contribution in [3.63, 3.8) is 0 Å². The molecule has 0 atom stereocenters. The Morgan fingerprint density at radius 1 is 0.810 bits per heavy atom. The van der Waals surface area contributed by atoms with Crippen LogP contribution in [-0.4, -0.2) is 25.9 Å². The van der Waals surface area contributed by atoms with Crippen LogP contribution < -0.4 is 0 Å². The van der Waals surface area contributed by atoms with Crippen molar-refractivity contribution in [1.29, 1.82) is 0 Å². The Labute approximate surface area is 131 Å². The van der Waals surface area contributed by atoms with Crippen LogP contribution in [-0.2, 0) is 9.47 Å². The van der Waals surface area contributed by atoms with Crippen molar-refractivity contribution in [2.24, 2.45) is 0 Å². The number of hydrogen-bond acceptors (Lipinski definition) is 2. The van der Waals surface area contributed by atoms with Crippen molar-refractivity contribution in [3.05, 3.63) is 18.1 Å². The fraction of sp³-hybridized carbons (Fsp3) is 0.842. The Morgan fingerprint density at radius 2 is 1.48 bits per heavy atom. The van der Waals surface area contributed by atoms with E-state index in [0.29, 0.717) is 6.10 Å². The SMILES string of the molecule is [CH]1C=C1CCCCCOCCCCCOC1CCCCC1. The van der Waals surface area contributed by atoms with Gasteiger partial charge in [0.2, 0.25) is 0 Å². The average molecular weight is 293 g/mol. The highest BCUT2D eigenvalue weighted by molar-refractivity contribution is 5.38. The standard InChI is InChI=1S/C19H33O2/c1-5-11-19(12-6-1)21-17-9-3-8-16-20-15-7-2-4-10-18-13-14-18/h13-14,19H,1-12,15-17H2. The third-order valence-corrected chi connectivity index (χ3v) is 4.50. The monoisotopic (exact) mass is 293 g/mol. The maximum absolute atomic E-state index is 5.93. The summed E-state index contributed by atoms with van der Waals surface area (Å²) < 4.78 is 11.6. The molecule has 2 aliphatic carbocycles. The first-order chi connectivity index (χ1) is 10.4. The zero-order chi connectivity index (χ0) is 14.6. The van der Waals surface area contributed by atoms with Gasteiger partial charge in [-0.15, -0.1) is 0 Å². The van der Waals surface area contributed by atoms with Gasteiger partial charge >= 0.3 is 0 Å². The highest BCUT2D eigenvalue weighted by Gasteiger charge is 2.12. The van der Waals surface area contributed by atoms with E-state index in [1.807, 2.05) is 0 Å². The van der Waals surface area contributed by atoms with Crippen LogP contribution in [0.15, 0.2) is 11.6 Å². The van der Waals surface area contributed by atoms with E-state index < -0.39 is 0 Å². The number of ether oxygens (including phenoxy) is 2. The van der Waals surface area contributed by atoms with Crippen LogP contribution in [0.25, 0.3) is 0 Å². The maximum Gasteiger partial charge on any atom is 0.0575 e. The van der Waals surface area contributed by atoms with E-state index in [9.17, 15) is 0 Å². The van der Waals surface area contributed by atoms with Crippen LogP contribution >= 0.6 is 0 Å². The molecule has 2 rings (SSSR count). The van der Waals surface area contributed by atoms with Gasteiger partial charge in [-0.3, -0.25) is 0 Å². The van der Waals surface area contributed by atoms with Gasteiger partial charge in [0.15, 0.2) is 0 Å². The number of rotatable bonds is 13. The van der Waals surface area contributed by atoms with E-state index >= 15 is 0 Å². The molecule has 21 heavy (non-hydrogen) atoms. The summed E-state index contributed by atoms with van der Waals surface area (Å²) in [6.07, 6.45) is 20.5. The molecule has 0 amide bonds. The summed E-state index contributed by atoms with van der Waals surface area (Å²) in [6.45, 7) is 2.83. The van der Waals surface area contributed by atoms with Gasteiger partial charge in [0.05, 0.1) is 6.10 Å². The lowest BCUT2D eigenvalue weighted by Crippen LogP contribution is -2.17. The molecule has 0 aromatic rings. The average Bonchev–Trinajstić information content (AvgIpc) is 3.34. The Balaban J connectivity index is 1.24. The second-order valence-corrected chi connectivity index (χ2v) is 6.52. The quantitative estimate of drug-likeness (QED) is 0.433. The number of unbranched alkanes of at least 4 members (excludes halogenated alkanes) is 4. The molecule has 1 saturated carbocycles. The van der Waals surface area contributed by atoms with E-state index in [1.165, 1.54) is 77.0 Å². The van der Waals surface area contributed by atoms with Gasteiger partial charge in [0.25, 0.3) is 0 Å². The summed E-state index contributed by atoms with van der Waals surface area (Å²) in [5, 5.41) is 0. The van der Waals surface area contributed by atoms with Crippen molar-refractivity contribution in [1.82, 2.24) is 0 Å². The second kappa shape index (κ2) is 11.3. The smallest absolute Gasteiger partial charge is 0.0575 e. The fourth-order valence-corrected chi connectivity index (χ4v) is 3.00. The number of hydrogen-bond donors (Lipinski definition) is 0. The van der Waals surface area contributed by atoms with Crippen molar-refractivity contribution in [3.8, 4) is 0 Å². The molecule has 0 unspecified atom stereocenters. The lowest BCUT2D eigenvalue weighted by atomic mass is 9.98. The summed E-state index contributed by atoms with van der Waals surface area (Å²) in [5.41, 5.74) is 1.55. The van der Waals surface area contributed by atoms with Gasteiger partial charge in [-0.2, -0.15) is 0 Å². The maximum atomic E-state index is 5.93. The van der Waals surface area contributed by atoms with Gasteiger partial charge in [-0.1, -0.05) is 37.3 Å². The fourth-order valence-electron chi connectivity index (χ4n) is 3.00. The van der Waals surface area contributed by atoms with Gasteiger partial charge < -0.3 is 9.47 Å². The van der Waals surface area contributed by atoms with Crippen molar-refractivity contribution < 1.29 is 9.47 Å². The molecule has 2 aliphatic rings. The lowest BCUT2D eigenvalue weighted by Gasteiger charge is -2.21. The minimum Gasteiger partial charge on any atom is -0.381 e. The van der Waals surface area contributed by atoms with E-state index in [-0.39, 0.29) is 0 Å². The van der Waals surface area contributed by atoms with Crippen LogP contribution in [0.1, 0.15) is 77.0 Å². The van der Waals surface area contributed by atoms with Crippen LogP contribution in [0.4, 0.5) is 0 Å². The summed E-state index contributed by atoms with van der Waals surface area (Å²) in [7, 11) is 0. The predicted octanol–water partition coefficient (Wildman–Crippen LogP) is 5.23. The normalized spacial score (nSPS) is 18.8. The molecule has 2 nitrogen and oxygen atoms in total.